The lowest BCUT2D eigenvalue weighted by atomic mass is 10.2. The highest BCUT2D eigenvalue weighted by Crippen LogP contribution is 2.24. The summed E-state index contributed by atoms with van der Waals surface area (Å²) < 4.78 is 26.3. The first-order valence-electron chi connectivity index (χ1n) is 5.20. The Morgan fingerprint density at radius 1 is 1.05 bits per heavy atom. The van der Waals surface area contributed by atoms with Gasteiger partial charge in [-0.2, -0.15) is 0 Å². The number of carboxylic acid groups (broad SMARTS) is 1. The number of halogens is 6. The molecule has 0 amide bonds. The van der Waals surface area contributed by atoms with Crippen LogP contribution in [-0.2, 0) is 0 Å². The van der Waals surface area contributed by atoms with E-state index in [0.717, 1.165) is 6.07 Å². The number of carboxylic acids is 1. The number of aromatic carboxylic acids is 1. The van der Waals surface area contributed by atoms with Gasteiger partial charge in [0.05, 0.1) is 5.02 Å². The highest BCUT2D eigenvalue weighted by atomic mass is 79.9. The molecule has 2 aromatic carbocycles. The van der Waals surface area contributed by atoms with Gasteiger partial charge < -0.3 is 5.11 Å². The first kappa shape index (κ1) is 18.4. The van der Waals surface area contributed by atoms with Gasteiger partial charge in [0, 0.05) is 21.1 Å². The van der Waals surface area contributed by atoms with Gasteiger partial charge >= 0.3 is 5.97 Å². The third-order valence-corrected chi connectivity index (χ3v) is 3.48. The number of carbonyl (C=O) groups is 1. The van der Waals surface area contributed by atoms with Gasteiger partial charge in [-0.25, -0.2) is 13.6 Å². The van der Waals surface area contributed by atoms with E-state index in [-0.39, 0.29) is 18.0 Å². The average molecular weight is 473 g/mol. The summed E-state index contributed by atoms with van der Waals surface area (Å²) in [4.78, 5) is 10.4. The standard InChI is InChI=1S/C7H3BrClFO2.C6H3BrClF.5H2/c8-3-1-4(9)6(7(11)12)5(10)2-3;7-4-1-5(8)3-6(9)2-4;;;;;/h1-2H,(H,11,12);1-3H;5*1H. The third-order valence-electron chi connectivity index (χ3n) is 2.05. The highest BCUT2D eigenvalue weighted by molar-refractivity contribution is 9.10. The van der Waals surface area contributed by atoms with Gasteiger partial charge in [-0.15, -0.1) is 0 Å². The van der Waals surface area contributed by atoms with E-state index < -0.39 is 17.3 Å². The molecular weight excluding hydrogens is 457 g/mol. The molecule has 0 spiro atoms. The molecule has 0 saturated carbocycles. The zero-order chi connectivity index (χ0) is 16.2. The largest absolute Gasteiger partial charge is 0.478 e. The van der Waals surface area contributed by atoms with Crippen LogP contribution >= 0.6 is 55.1 Å². The molecule has 2 aromatic rings. The molecule has 0 fully saturated rings. The lowest BCUT2D eigenvalue weighted by molar-refractivity contribution is 0.0692. The van der Waals surface area contributed by atoms with Crippen LogP contribution < -0.4 is 0 Å². The predicted octanol–water partition coefficient (Wildman–Crippen LogP) is 7.41. The normalized spacial score (nSPS) is 9.81. The van der Waals surface area contributed by atoms with E-state index in [1.165, 1.54) is 18.2 Å². The summed E-state index contributed by atoms with van der Waals surface area (Å²) in [7, 11) is 0. The Kier molecular flexibility index (Phi) is 7.06. The number of benzene rings is 2. The van der Waals surface area contributed by atoms with Crippen LogP contribution in [0.25, 0.3) is 0 Å². The summed E-state index contributed by atoms with van der Waals surface area (Å²) in [6, 6.07) is 6.62. The summed E-state index contributed by atoms with van der Waals surface area (Å²) in [5.41, 5.74) is -0.500. The van der Waals surface area contributed by atoms with Gasteiger partial charge in [0.15, 0.2) is 0 Å². The van der Waals surface area contributed by atoms with Crippen LogP contribution in [0.3, 0.4) is 0 Å². The molecular formula is C13H16Br2Cl2F2O2. The van der Waals surface area contributed by atoms with Crippen molar-refractivity contribution in [2.24, 2.45) is 0 Å². The fraction of sp³-hybridized carbons (Fsp3) is 0. The van der Waals surface area contributed by atoms with Crippen molar-refractivity contribution in [2.45, 2.75) is 0 Å². The van der Waals surface area contributed by atoms with E-state index in [1.807, 2.05) is 0 Å². The van der Waals surface area contributed by atoms with Gasteiger partial charge in [0.1, 0.15) is 17.2 Å². The van der Waals surface area contributed by atoms with Crippen molar-refractivity contribution in [2.75, 3.05) is 0 Å². The fourth-order valence-corrected chi connectivity index (χ4v) is 2.94. The Hall–Kier alpha value is -0.690. The maximum atomic E-state index is 12.9. The second-order valence-corrected chi connectivity index (χ2v) is 6.31. The minimum Gasteiger partial charge on any atom is -0.478 e. The smallest absolute Gasteiger partial charge is 0.340 e. The number of hydrogen-bond donors (Lipinski definition) is 1. The van der Waals surface area contributed by atoms with E-state index in [9.17, 15) is 13.6 Å². The Morgan fingerprint density at radius 3 is 2.05 bits per heavy atom. The minimum absolute atomic E-state index is 0. The van der Waals surface area contributed by atoms with Crippen molar-refractivity contribution in [1.82, 2.24) is 0 Å². The van der Waals surface area contributed by atoms with Gasteiger partial charge in [-0.1, -0.05) is 55.1 Å². The molecule has 0 aliphatic carbocycles. The molecule has 0 atom stereocenters. The first-order chi connectivity index (χ1) is 9.70. The van der Waals surface area contributed by atoms with Crippen molar-refractivity contribution in [3.63, 3.8) is 0 Å². The Morgan fingerprint density at radius 2 is 1.62 bits per heavy atom. The fourth-order valence-electron chi connectivity index (χ4n) is 1.27. The average Bonchev–Trinajstić information content (AvgIpc) is 2.24. The molecule has 0 saturated heterocycles. The second kappa shape index (κ2) is 8.08. The molecule has 0 aliphatic rings. The number of rotatable bonds is 1. The Bertz CT molecular complexity index is 626. The summed E-state index contributed by atoms with van der Waals surface area (Å²) in [6.07, 6.45) is 0. The molecule has 1 N–H and O–H groups in total. The van der Waals surface area contributed by atoms with Crippen LogP contribution in [0.15, 0.2) is 39.3 Å². The maximum Gasteiger partial charge on any atom is 0.340 e. The van der Waals surface area contributed by atoms with Crippen LogP contribution in [0.1, 0.15) is 17.5 Å². The van der Waals surface area contributed by atoms with Gasteiger partial charge in [0.25, 0.3) is 0 Å². The van der Waals surface area contributed by atoms with E-state index in [0.29, 0.717) is 14.0 Å². The molecule has 2 rings (SSSR count). The third kappa shape index (κ3) is 5.90. The van der Waals surface area contributed by atoms with Gasteiger partial charge in [0.2, 0.25) is 0 Å². The van der Waals surface area contributed by atoms with Crippen molar-refractivity contribution in [1.29, 1.82) is 0 Å². The molecule has 21 heavy (non-hydrogen) atoms. The quantitative estimate of drug-likeness (QED) is 0.469. The van der Waals surface area contributed by atoms with Crippen LogP contribution in [0, 0.1) is 11.6 Å². The summed E-state index contributed by atoms with van der Waals surface area (Å²) >= 11 is 17.0. The summed E-state index contributed by atoms with van der Waals surface area (Å²) in [5.74, 6) is -2.54. The predicted molar refractivity (Wildman–Crippen MR) is 95.7 cm³/mol. The van der Waals surface area contributed by atoms with Gasteiger partial charge in [-0.05, 0) is 30.3 Å². The van der Waals surface area contributed by atoms with E-state index >= 15 is 0 Å². The summed E-state index contributed by atoms with van der Waals surface area (Å²) in [6.45, 7) is 0. The molecule has 0 aliphatic heterocycles. The van der Waals surface area contributed by atoms with E-state index in [1.54, 1.807) is 6.07 Å². The van der Waals surface area contributed by atoms with Gasteiger partial charge in [-0.3, -0.25) is 0 Å². The molecule has 0 bridgehead atoms. The van der Waals surface area contributed by atoms with Crippen molar-refractivity contribution in [3.05, 3.63) is 66.5 Å². The molecule has 2 nitrogen and oxygen atoms in total. The number of hydrogen-bond acceptors (Lipinski definition) is 1. The molecule has 0 heterocycles. The van der Waals surface area contributed by atoms with Crippen LogP contribution in [0.4, 0.5) is 8.78 Å². The maximum absolute atomic E-state index is 12.9. The van der Waals surface area contributed by atoms with Crippen molar-refractivity contribution < 1.29 is 25.8 Å². The SMILES string of the molecule is Fc1cc(Cl)cc(Br)c1.O=C(O)c1c(F)cc(Br)cc1Cl.[HH].[HH].[HH].[HH].[HH]. The molecule has 0 aromatic heterocycles. The highest BCUT2D eigenvalue weighted by Gasteiger charge is 2.15. The molecule has 0 unspecified atom stereocenters. The lowest BCUT2D eigenvalue weighted by Gasteiger charge is -2.00. The molecule has 0 radical (unpaired) electrons. The molecule has 8 heteroatoms. The van der Waals surface area contributed by atoms with Crippen LogP contribution in [0.5, 0.6) is 0 Å². The molecule has 122 valence electrons. The second-order valence-electron chi connectivity index (χ2n) is 3.64. The lowest BCUT2D eigenvalue weighted by Crippen LogP contribution is -2.01. The van der Waals surface area contributed by atoms with Crippen LogP contribution in [-0.4, -0.2) is 11.1 Å². The van der Waals surface area contributed by atoms with E-state index in [2.05, 4.69) is 31.9 Å². The van der Waals surface area contributed by atoms with E-state index in [4.69, 9.17) is 28.3 Å². The monoisotopic (exact) mass is 470 g/mol. The zero-order valence-corrected chi connectivity index (χ0v) is 14.7. The van der Waals surface area contributed by atoms with Crippen LogP contribution in [0.2, 0.25) is 10.0 Å². The van der Waals surface area contributed by atoms with Crippen molar-refractivity contribution in [3.8, 4) is 0 Å². The van der Waals surface area contributed by atoms with Crippen molar-refractivity contribution >= 4 is 61.0 Å². The summed E-state index contributed by atoms with van der Waals surface area (Å²) in [5, 5.41) is 8.79. The first-order valence-corrected chi connectivity index (χ1v) is 7.54. The Balaban J connectivity index is -0.0000000971. The Labute approximate surface area is 153 Å². The minimum atomic E-state index is -1.37. The zero-order valence-electron chi connectivity index (χ0n) is 10.0. The topological polar surface area (TPSA) is 37.3 Å².